The van der Waals surface area contributed by atoms with E-state index in [9.17, 15) is 28.8 Å². The molecule has 0 aromatic rings. The second-order valence-corrected chi connectivity index (χ2v) is 18.8. The minimum Gasteiger partial charge on any atom is -0.469 e. The first-order valence-corrected chi connectivity index (χ1v) is 21.3. The highest BCUT2D eigenvalue weighted by Crippen LogP contribution is 2.49. The number of esters is 2. The summed E-state index contributed by atoms with van der Waals surface area (Å²) < 4.78 is 9.86. The van der Waals surface area contributed by atoms with Gasteiger partial charge in [-0.15, -0.1) is 0 Å². The number of fused-ring (bicyclic) bond motifs is 1. The second-order valence-electron chi connectivity index (χ2n) is 18.8. The third-order valence-corrected chi connectivity index (χ3v) is 12.0. The van der Waals surface area contributed by atoms with Crippen LogP contribution in [0.3, 0.4) is 0 Å². The molecule has 2 amide bonds. The quantitative estimate of drug-likeness (QED) is 0.121. The highest BCUT2D eigenvalue weighted by Gasteiger charge is 2.56. The van der Waals surface area contributed by atoms with E-state index >= 15 is 0 Å². The number of allylic oxidation sites excluding steroid dienone is 12. The van der Waals surface area contributed by atoms with Crippen LogP contribution in [-0.2, 0) is 38.2 Å². The zero-order valence-electron chi connectivity index (χ0n) is 39.2. The molecule has 4 fully saturated rings. The lowest BCUT2D eigenvalue weighted by Crippen LogP contribution is -2.33. The lowest BCUT2D eigenvalue weighted by molar-refractivity contribution is -0.157. The highest BCUT2D eigenvalue weighted by molar-refractivity contribution is 6.05. The number of ether oxygens (including phenoxy) is 2. The summed E-state index contributed by atoms with van der Waals surface area (Å²) in [4.78, 5) is 74.2. The van der Waals surface area contributed by atoms with Crippen molar-refractivity contribution < 1.29 is 38.2 Å². The summed E-state index contributed by atoms with van der Waals surface area (Å²) in [7, 11) is 4.34. The number of ketones is 2. The van der Waals surface area contributed by atoms with Crippen LogP contribution in [0.15, 0.2) is 69.9 Å². The second kappa shape index (κ2) is 22.5. The van der Waals surface area contributed by atoms with Gasteiger partial charge in [0.15, 0.2) is 0 Å². The van der Waals surface area contributed by atoms with Gasteiger partial charge in [0.25, 0.3) is 0 Å². The maximum Gasteiger partial charge on any atom is 0.310 e. The van der Waals surface area contributed by atoms with E-state index in [0.29, 0.717) is 0 Å². The predicted octanol–water partition coefficient (Wildman–Crippen LogP) is 9.88. The molecule has 3 saturated carbocycles. The average Bonchev–Trinajstić information content (AvgIpc) is 3.80. The molecule has 0 aromatic heterocycles. The van der Waals surface area contributed by atoms with E-state index in [-0.39, 0.29) is 94.5 Å². The van der Waals surface area contributed by atoms with Crippen molar-refractivity contribution in [1.82, 2.24) is 4.90 Å². The summed E-state index contributed by atoms with van der Waals surface area (Å²) in [5.41, 5.74) is 7.14. The number of rotatable bonds is 10. The zero-order chi connectivity index (χ0) is 45.2. The Labute approximate surface area is 355 Å². The van der Waals surface area contributed by atoms with Crippen LogP contribution >= 0.6 is 0 Å². The molecule has 0 bridgehead atoms. The highest BCUT2D eigenvalue weighted by atomic mass is 16.5. The van der Waals surface area contributed by atoms with Gasteiger partial charge in [0.05, 0.1) is 37.9 Å². The summed E-state index contributed by atoms with van der Waals surface area (Å²) in [5.74, 6) is -1.07. The monoisotopic (exact) mass is 818 g/mol. The van der Waals surface area contributed by atoms with Gasteiger partial charge in [0.2, 0.25) is 11.8 Å². The van der Waals surface area contributed by atoms with E-state index in [1.54, 1.807) is 20.9 Å². The Morgan fingerprint density at radius 1 is 0.424 bits per heavy atom. The fourth-order valence-electron chi connectivity index (χ4n) is 10.3. The van der Waals surface area contributed by atoms with Crippen molar-refractivity contribution in [3.63, 3.8) is 0 Å². The number of hydrogen-bond acceptors (Lipinski definition) is 8. The molecule has 12 unspecified atom stereocenters. The number of carbonyl (C=O) groups excluding carboxylic acids is 6. The van der Waals surface area contributed by atoms with Crippen molar-refractivity contribution in [2.24, 2.45) is 71.0 Å². The first-order valence-electron chi connectivity index (χ1n) is 21.3. The van der Waals surface area contributed by atoms with E-state index in [4.69, 9.17) is 9.47 Å². The van der Waals surface area contributed by atoms with Crippen molar-refractivity contribution in [2.75, 3.05) is 21.3 Å². The molecule has 328 valence electrons. The number of amides is 2. The summed E-state index contributed by atoms with van der Waals surface area (Å²) in [6.45, 7) is 27.6. The Kier molecular flexibility index (Phi) is 19.4. The Hall–Kier alpha value is -4.14. The molecule has 0 spiro atoms. The maximum absolute atomic E-state index is 12.3. The number of likely N-dealkylation sites (tertiary alicyclic amines) is 1. The topological polar surface area (TPSA) is 124 Å². The molecule has 3 aliphatic carbocycles. The zero-order valence-corrected chi connectivity index (χ0v) is 39.2. The number of carbonyl (C=O) groups is 6. The summed E-state index contributed by atoms with van der Waals surface area (Å²) in [5, 5.41) is 0. The molecule has 1 heterocycles. The van der Waals surface area contributed by atoms with Gasteiger partial charge in [-0.1, -0.05) is 69.9 Å². The van der Waals surface area contributed by atoms with Crippen molar-refractivity contribution in [2.45, 2.75) is 116 Å². The number of methoxy groups -OCH3 is 2. The van der Waals surface area contributed by atoms with Gasteiger partial charge in [0.1, 0.15) is 11.6 Å². The number of nitrogens with zero attached hydrogens (tertiary/aromatic N) is 1. The third-order valence-electron chi connectivity index (χ3n) is 12.0. The first-order chi connectivity index (χ1) is 27.4. The number of imide groups is 1. The minimum absolute atomic E-state index is 0.00200. The molecular weight excluding hydrogens is 743 g/mol. The minimum atomic E-state index is -0.474. The molecule has 0 aromatic carbocycles. The van der Waals surface area contributed by atoms with Crippen LogP contribution in [-0.4, -0.2) is 61.5 Å². The third kappa shape index (κ3) is 13.4. The SMILES string of the molecule is CC(=O)C1C(C=C(C)C)CC(C=C(C)C)C1C(C)=O.CC(C)=CC1CC(C=C(C)C)C2C(=O)N(C)C(=O)C12.COC(=O)C1C(C=C(C)C)CC(C=C(C)C)C1C(=O)OC. The lowest BCUT2D eigenvalue weighted by Gasteiger charge is -2.21. The molecule has 9 heteroatoms. The average molecular weight is 818 g/mol. The van der Waals surface area contributed by atoms with Crippen LogP contribution < -0.4 is 0 Å². The van der Waals surface area contributed by atoms with Gasteiger partial charge in [-0.2, -0.15) is 0 Å². The molecule has 1 aliphatic heterocycles. The molecule has 0 N–H and O–H groups in total. The van der Waals surface area contributed by atoms with E-state index in [1.807, 2.05) is 83.1 Å². The molecule has 12 atom stereocenters. The lowest BCUT2D eigenvalue weighted by atomic mass is 9.81. The molecule has 4 rings (SSSR count). The molecule has 4 aliphatic rings. The summed E-state index contributed by atoms with van der Waals surface area (Å²) in [6.07, 6.45) is 15.4. The largest absolute Gasteiger partial charge is 0.469 e. The number of hydrogen-bond donors (Lipinski definition) is 0. The first kappa shape index (κ1) is 51.0. The van der Waals surface area contributed by atoms with Crippen molar-refractivity contribution in [1.29, 1.82) is 0 Å². The van der Waals surface area contributed by atoms with E-state index in [1.165, 1.54) is 41.4 Å². The molecule has 1 saturated heterocycles. The Balaban J connectivity index is 0.000000306. The van der Waals surface area contributed by atoms with Gasteiger partial charge in [-0.05, 0) is 152 Å². The van der Waals surface area contributed by atoms with Crippen LogP contribution in [0.4, 0.5) is 0 Å². The molecule has 9 nitrogen and oxygen atoms in total. The fraction of sp³-hybridized carbons (Fsp3) is 0.640. The van der Waals surface area contributed by atoms with E-state index < -0.39 is 11.8 Å². The van der Waals surface area contributed by atoms with Crippen LogP contribution in [0, 0.1) is 71.0 Å². The summed E-state index contributed by atoms with van der Waals surface area (Å²) in [6, 6.07) is 0. The Morgan fingerprint density at radius 3 is 0.864 bits per heavy atom. The smallest absolute Gasteiger partial charge is 0.310 e. The van der Waals surface area contributed by atoms with Gasteiger partial charge < -0.3 is 9.47 Å². The van der Waals surface area contributed by atoms with Crippen LogP contribution in [0.5, 0.6) is 0 Å². The van der Waals surface area contributed by atoms with E-state index in [0.717, 1.165) is 30.4 Å². The van der Waals surface area contributed by atoms with Crippen molar-refractivity contribution in [3.8, 4) is 0 Å². The molecule has 59 heavy (non-hydrogen) atoms. The van der Waals surface area contributed by atoms with Crippen molar-refractivity contribution in [3.05, 3.63) is 69.9 Å². The van der Waals surface area contributed by atoms with E-state index in [2.05, 4.69) is 36.5 Å². The van der Waals surface area contributed by atoms with Crippen LogP contribution in [0.2, 0.25) is 0 Å². The normalized spacial score (nSPS) is 30.2. The number of Topliss-reactive ketones (excluding diaryl/α,β-unsaturated/α-hetero) is 2. The van der Waals surface area contributed by atoms with Gasteiger partial charge in [0, 0.05) is 18.9 Å². The molecular formula is C50H75NO8. The Morgan fingerprint density at radius 2 is 0.644 bits per heavy atom. The van der Waals surface area contributed by atoms with Gasteiger partial charge >= 0.3 is 11.9 Å². The van der Waals surface area contributed by atoms with Gasteiger partial charge in [-0.25, -0.2) is 0 Å². The maximum atomic E-state index is 12.3. The van der Waals surface area contributed by atoms with Crippen molar-refractivity contribution >= 4 is 35.3 Å². The molecule has 0 radical (unpaired) electrons. The predicted molar refractivity (Wildman–Crippen MR) is 235 cm³/mol. The van der Waals surface area contributed by atoms with Gasteiger partial charge in [-0.3, -0.25) is 33.7 Å². The summed E-state index contributed by atoms with van der Waals surface area (Å²) >= 11 is 0. The van der Waals surface area contributed by atoms with Crippen LogP contribution in [0.1, 0.15) is 116 Å². The van der Waals surface area contributed by atoms with Crippen LogP contribution in [0.25, 0.3) is 0 Å². The Bertz CT molecular complexity index is 1580. The fourth-order valence-corrected chi connectivity index (χ4v) is 10.3. The standard InChI is InChI=1S/C17H26O4.C17H26O2.C16H23NO2/c1-10(2)7-12-9-13(8-11(3)4)15(17(19)21-6)14(12)16(18)20-5;1-10(2)7-14-9-15(8-11(3)4)17(13(6)19)16(14)12(5)18;1-9(2)6-11-8-12(7-10(3)4)14-13(11)15(18)17(5)16(14)19/h7-8,12-15H,9H2,1-6H3;7-8,14-17H,9H2,1-6H3;6-7,11-14H,8H2,1-5H3.